The second kappa shape index (κ2) is 8.82. The maximum Gasteiger partial charge on any atom is 0.251 e. The van der Waals surface area contributed by atoms with E-state index in [1.54, 1.807) is 48.5 Å². The highest BCUT2D eigenvalue weighted by atomic mass is 32.2. The highest BCUT2D eigenvalue weighted by Gasteiger charge is 2.43. The van der Waals surface area contributed by atoms with E-state index in [9.17, 15) is 13.2 Å². The Bertz CT molecular complexity index is 943. The zero-order valence-corrected chi connectivity index (χ0v) is 16.3. The molecule has 3 aromatic rings. The van der Waals surface area contributed by atoms with Crippen LogP contribution in [0.2, 0.25) is 0 Å². The molecule has 0 bridgehead atoms. The SMILES string of the molecule is CC(NC(=O)C(N[SH](=O)=O)(c1ccccc1)c1ccccc1)c1ccccc1. The van der Waals surface area contributed by atoms with Crippen molar-refractivity contribution in [2.24, 2.45) is 0 Å². The molecule has 144 valence electrons. The van der Waals surface area contributed by atoms with E-state index in [1.807, 2.05) is 49.4 Å². The molecular weight excluding hydrogens is 372 g/mol. The molecule has 0 aliphatic heterocycles. The van der Waals surface area contributed by atoms with Gasteiger partial charge in [-0.1, -0.05) is 91.0 Å². The molecule has 0 saturated heterocycles. The summed E-state index contributed by atoms with van der Waals surface area (Å²) in [4.78, 5) is 13.5. The predicted octanol–water partition coefficient (Wildman–Crippen LogP) is 2.92. The van der Waals surface area contributed by atoms with Crippen LogP contribution in [-0.4, -0.2) is 14.3 Å². The minimum absolute atomic E-state index is 0.299. The van der Waals surface area contributed by atoms with Gasteiger partial charge in [-0.15, -0.1) is 0 Å². The molecule has 0 spiro atoms. The molecule has 0 fully saturated rings. The van der Waals surface area contributed by atoms with Gasteiger partial charge in [-0.2, -0.15) is 4.72 Å². The van der Waals surface area contributed by atoms with Crippen LogP contribution in [-0.2, 0) is 21.2 Å². The van der Waals surface area contributed by atoms with Gasteiger partial charge in [-0.05, 0) is 23.6 Å². The minimum Gasteiger partial charge on any atom is -0.347 e. The molecule has 2 N–H and O–H groups in total. The molecule has 0 aromatic heterocycles. The number of hydrogen-bond acceptors (Lipinski definition) is 3. The van der Waals surface area contributed by atoms with Crippen molar-refractivity contribution in [3.8, 4) is 0 Å². The lowest BCUT2D eigenvalue weighted by molar-refractivity contribution is -0.126. The average molecular weight is 394 g/mol. The summed E-state index contributed by atoms with van der Waals surface area (Å²) in [6.07, 6.45) is 0. The first-order chi connectivity index (χ1) is 13.5. The van der Waals surface area contributed by atoms with Crippen molar-refractivity contribution in [3.63, 3.8) is 0 Å². The number of carbonyl (C=O) groups is 1. The predicted molar refractivity (Wildman–Crippen MR) is 110 cm³/mol. The number of carbonyl (C=O) groups excluding carboxylic acids is 1. The number of thiol groups is 1. The third-order valence-electron chi connectivity index (χ3n) is 4.66. The first-order valence-electron chi connectivity index (χ1n) is 8.93. The van der Waals surface area contributed by atoms with Gasteiger partial charge in [0.25, 0.3) is 5.91 Å². The van der Waals surface area contributed by atoms with Gasteiger partial charge in [0.15, 0.2) is 5.54 Å². The van der Waals surface area contributed by atoms with E-state index in [-0.39, 0.29) is 6.04 Å². The normalized spacial score (nSPS) is 12.5. The summed E-state index contributed by atoms with van der Waals surface area (Å²) >= 11 is 0. The highest BCUT2D eigenvalue weighted by molar-refractivity contribution is 7.70. The van der Waals surface area contributed by atoms with Crippen LogP contribution in [0.15, 0.2) is 91.0 Å². The first kappa shape index (κ1) is 19.8. The number of benzene rings is 3. The Morgan fingerprint density at radius 3 is 1.64 bits per heavy atom. The average Bonchev–Trinajstić information content (AvgIpc) is 2.73. The number of amides is 1. The molecule has 3 aromatic carbocycles. The largest absolute Gasteiger partial charge is 0.347 e. The van der Waals surface area contributed by atoms with Crippen LogP contribution in [0, 0.1) is 0 Å². The van der Waals surface area contributed by atoms with E-state index in [0.29, 0.717) is 11.1 Å². The molecular formula is C22H22N2O3S. The van der Waals surface area contributed by atoms with E-state index >= 15 is 0 Å². The van der Waals surface area contributed by atoms with Crippen LogP contribution in [0.1, 0.15) is 29.7 Å². The molecule has 0 aliphatic rings. The molecule has 1 atom stereocenters. The van der Waals surface area contributed by atoms with Crippen LogP contribution in [0.3, 0.4) is 0 Å². The Morgan fingerprint density at radius 2 is 1.21 bits per heavy atom. The van der Waals surface area contributed by atoms with E-state index in [2.05, 4.69) is 10.0 Å². The van der Waals surface area contributed by atoms with Crippen LogP contribution in [0.25, 0.3) is 0 Å². The summed E-state index contributed by atoms with van der Waals surface area (Å²) in [5.41, 5.74) is 0.439. The van der Waals surface area contributed by atoms with E-state index in [1.165, 1.54) is 0 Å². The molecule has 0 saturated carbocycles. The second-order valence-corrected chi connectivity index (χ2v) is 7.19. The smallest absolute Gasteiger partial charge is 0.251 e. The molecule has 5 nitrogen and oxygen atoms in total. The van der Waals surface area contributed by atoms with Crippen LogP contribution < -0.4 is 10.0 Å². The summed E-state index contributed by atoms with van der Waals surface area (Å²) in [5, 5.41) is 2.97. The molecule has 28 heavy (non-hydrogen) atoms. The van der Waals surface area contributed by atoms with E-state index in [0.717, 1.165) is 5.56 Å². The van der Waals surface area contributed by atoms with Crippen molar-refractivity contribution < 1.29 is 13.2 Å². The maximum absolute atomic E-state index is 13.5. The van der Waals surface area contributed by atoms with Gasteiger partial charge in [0, 0.05) is 0 Å². The van der Waals surface area contributed by atoms with Crippen molar-refractivity contribution in [2.45, 2.75) is 18.5 Å². The molecule has 6 heteroatoms. The van der Waals surface area contributed by atoms with Gasteiger partial charge in [-0.25, -0.2) is 8.42 Å². The molecule has 0 aliphatic carbocycles. The van der Waals surface area contributed by atoms with Crippen LogP contribution in [0.4, 0.5) is 0 Å². The maximum atomic E-state index is 13.5. The minimum atomic E-state index is -3.06. The Hall–Kier alpha value is -2.96. The third kappa shape index (κ3) is 4.13. The summed E-state index contributed by atoms with van der Waals surface area (Å²) in [7, 11) is -3.06. The molecule has 3 rings (SSSR count). The lowest BCUT2D eigenvalue weighted by atomic mass is 9.82. The van der Waals surface area contributed by atoms with Crippen LogP contribution in [0.5, 0.6) is 0 Å². The lowest BCUT2D eigenvalue weighted by Gasteiger charge is -2.33. The van der Waals surface area contributed by atoms with Crippen molar-refractivity contribution in [1.82, 2.24) is 10.0 Å². The number of rotatable bonds is 7. The summed E-state index contributed by atoms with van der Waals surface area (Å²) in [6, 6.07) is 26.9. The van der Waals surface area contributed by atoms with Crippen molar-refractivity contribution in [2.75, 3.05) is 0 Å². The topological polar surface area (TPSA) is 75.3 Å². The van der Waals surface area contributed by atoms with Gasteiger partial charge in [0.2, 0.25) is 10.9 Å². The zero-order valence-electron chi connectivity index (χ0n) is 15.4. The third-order valence-corrected chi connectivity index (χ3v) is 5.18. The standard InChI is InChI=1S/C22H22N2O3S/c1-17(18-11-5-2-6-12-18)23-21(25)22(24-28(26)27,19-13-7-3-8-14-19)20-15-9-4-10-16-20/h2-17,28H,1H3,(H,23,25)(H,24,26,27). The first-order valence-corrected chi connectivity index (χ1v) is 10.1. The highest BCUT2D eigenvalue weighted by Crippen LogP contribution is 2.31. The van der Waals surface area contributed by atoms with Crippen molar-refractivity contribution >= 4 is 16.8 Å². The fourth-order valence-corrected chi connectivity index (χ4v) is 3.89. The lowest BCUT2D eigenvalue weighted by Crippen LogP contribution is -2.55. The van der Waals surface area contributed by atoms with Gasteiger partial charge in [-0.3, -0.25) is 4.79 Å². The fraction of sp³-hybridized carbons (Fsp3) is 0.136. The number of hydrogen-bond donors (Lipinski definition) is 3. The Kier molecular flexibility index (Phi) is 6.23. The molecule has 1 amide bonds. The number of nitrogens with one attached hydrogen (secondary N) is 2. The molecule has 0 heterocycles. The Balaban J connectivity index is 2.10. The summed E-state index contributed by atoms with van der Waals surface area (Å²) in [6.45, 7) is 1.87. The Morgan fingerprint density at radius 1 is 0.786 bits per heavy atom. The van der Waals surface area contributed by atoms with Gasteiger partial charge < -0.3 is 5.32 Å². The van der Waals surface area contributed by atoms with E-state index in [4.69, 9.17) is 0 Å². The van der Waals surface area contributed by atoms with E-state index < -0.39 is 22.3 Å². The quantitative estimate of drug-likeness (QED) is 0.540. The molecule has 1 unspecified atom stereocenters. The summed E-state index contributed by atoms with van der Waals surface area (Å²) in [5.74, 6) is -0.444. The molecule has 0 radical (unpaired) electrons. The van der Waals surface area contributed by atoms with Gasteiger partial charge in [0.05, 0.1) is 6.04 Å². The van der Waals surface area contributed by atoms with Crippen molar-refractivity contribution in [1.29, 1.82) is 0 Å². The van der Waals surface area contributed by atoms with Gasteiger partial charge in [0.1, 0.15) is 0 Å². The fourth-order valence-electron chi connectivity index (χ4n) is 3.25. The summed E-state index contributed by atoms with van der Waals surface area (Å²) < 4.78 is 26.1. The second-order valence-electron chi connectivity index (χ2n) is 6.46. The van der Waals surface area contributed by atoms with Crippen molar-refractivity contribution in [3.05, 3.63) is 108 Å². The van der Waals surface area contributed by atoms with Crippen LogP contribution >= 0.6 is 0 Å². The monoisotopic (exact) mass is 394 g/mol. The Labute approximate surface area is 166 Å². The zero-order chi connectivity index (χ0) is 20.0. The van der Waals surface area contributed by atoms with Gasteiger partial charge >= 0.3 is 0 Å².